The highest BCUT2D eigenvalue weighted by Gasteiger charge is 2.52. The minimum absolute atomic E-state index is 0.00119. The number of hydrogen-bond acceptors (Lipinski definition) is 13. The highest BCUT2D eigenvalue weighted by Crippen LogP contribution is 2.31. The Kier molecular flexibility index (Phi) is 9.84. The van der Waals surface area contributed by atoms with Gasteiger partial charge in [-0.2, -0.15) is 0 Å². The van der Waals surface area contributed by atoms with E-state index in [4.69, 9.17) is 40.0 Å². The third-order valence-corrected chi connectivity index (χ3v) is 7.39. The molecule has 0 aliphatic carbocycles. The number of carbonyl (C=O) groups is 5. The highest BCUT2D eigenvalue weighted by atomic mass is 35.5. The normalized spacial score (nSPS) is 21.6. The average Bonchev–Trinajstić information content (AvgIpc) is 3.27. The van der Waals surface area contributed by atoms with Crippen LogP contribution in [0.15, 0.2) is 47.3 Å². The molecule has 1 aromatic heterocycles. The van der Waals surface area contributed by atoms with E-state index in [1.54, 1.807) is 42.5 Å². The minimum Gasteiger partial charge on any atom is -0.463 e. The third-order valence-electron chi connectivity index (χ3n) is 7.15. The summed E-state index contributed by atoms with van der Waals surface area (Å²) in [6.45, 7) is 4.03. The zero-order chi connectivity index (χ0) is 34.0. The Morgan fingerprint density at radius 1 is 0.894 bits per heavy atom. The summed E-state index contributed by atoms with van der Waals surface area (Å²) in [4.78, 5) is 78.3. The zero-order valence-corrected chi connectivity index (χ0v) is 26.3. The fraction of sp³-hybridized carbons (Fsp3) is 0.344. The standard InChI is InChI=1S/C32H29ClN2O12/c1-15(36)43-14-25-27(44-16(2)37)28(45-17(3)38)29(46-18(4)39)32(47-25)42-11-5-6-19-7-9-23-21(12-19)31(41)35-24-10-8-20(33)13-22(24)26(40)30(35)34-23/h5-10,12-13,25,27-29,32H,11,14H2,1-4H3/b6-5+. The Morgan fingerprint density at radius 3 is 2.26 bits per heavy atom. The van der Waals surface area contributed by atoms with Gasteiger partial charge in [-0.25, -0.2) is 4.98 Å². The van der Waals surface area contributed by atoms with Crippen LogP contribution in [0.3, 0.4) is 0 Å². The molecular weight excluding hydrogens is 640 g/mol. The molecule has 2 aromatic carbocycles. The van der Waals surface area contributed by atoms with Crippen LogP contribution in [0.25, 0.3) is 22.7 Å². The average molecular weight is 669 g/mol. The van der Waals surface area contributed by atoms with Crippen LogP contribution in [0.5, 0.6) is 0 Å². The molecule has 15 heteroatoms. The Balaban J connectivity index is 1.38. The smallest absolute Gasteiger partial charge is 0.303 e. The number of carbonyl (C=O) groups excluding carboxylic acids is 5. The summed E-state index contributed by atoms with van der Waals surface area (Å²) in [5, 5.41) is 0.632. The summed E-state index contributed by atoms with van der Waals surface area (Å²) in [5.74, 6) is -3.30. The molecule has 0 bridgehead atoms. The number of nitrogens with zero attached hydrogens (tertiary/aromatic N) is 2. The summed E-state index contributed by atoms with van der Waals surface area (Å²) in [7, 11) is 0. The topological polar surface area (TPSA) is 176 Å². The van der Waals surface area contributed by atoms with E-state index in [1.165, 1.54) is 17.6 Å². The maximum absolute atomic E-state index is 13.5. The maximum Gasteiger partial charge on any atom is 0.303 e. The first-order chi connectivity index (χ1) is 22.3. The van der Waals surface area contributed by atoms with Crippen LogP contribution in [-0.4, -0.2) is 83.1 Å². The van der Waals surface area contributed by atoms with Crippen molar-refractivity contribution < 1.29 is 52.4 Å². The van der Waals surface area contributed by atoms with Gasteiger partial charge in [0.15, 0.2) is 30.4 Å². The van der Waals surface area contributed by atoms with E-state index in [2.05, 4.69) is 4.98 Å². The SMILES string of the molecule is CC(=O)OCC1OC(OC/C=C/c2ccc3nc4n(c(=O)c3c2)-c2ccc(Cl)cc2C4=O)C(OC(C)=O)C(OC(C)=O)C1OC(C)=O. The van der Waals surface area contributed by atoms with Gasteiger partial charge in [0.05, 0.1) is 28.8 Å². The van der Waals surface area contributed by atoms with Gasteiger partial charge in [-0.05, 0) is 35.9 Å². The monoisotopic (exact) mass is 668 g/mol. The van der Waals surface area contributed by atoms with Gasteiger partial charge in [0.2, 0.25) is 5.78 Å². The van der Waals surface area contributed by atoms with Crippen molar-refractivity contribution in [3.05, 3.63) is 74.8 Å². The second-order valence-corrected chi connectivity index (χ2v) is 11.1. The lowest BCUT2D eigenvalue weighted by Gasteiger charge is -2.43. The lowest BCUT2D eigenvalue weighted by Crippen LogP contribution is -2.62. The minimum atomic E-state index is -1.36. The molecule has 5 unspecified atom stereocenters. The van der Waals surface area contributed by atoms with Crippen LogP contribution in [0.2, 0.25) is 5.02 Å². The largest absolute Gasteiger partial charge is 0.463 e. The Bertz CT molecular complexity index is 1870. The lowest BCUT2D eigenvalue weighted by atomic mass is 9.98. The Labute approximate surface area is 272 Å². The molecule has 3 aromatic rings. The van der Waals surface area contributed by atoms with E-state index in [0.29, 0.717) is 21.8 Å². The number of halogens is 1. The summed E-state index contributed by atoms with van der Waals surface area (Å²) in [5.41, 5.74) is 1.19. The second-order valence-electron chi connectivity index (χ2n) is 10.6. The van der Waals surface area contributed by atoms with Crippen LogP contribution in [0, 0.1) is 0 Å². The fourth-order valence-electron chi connectivity index (χ4n) is 5.35. The summed E-state index contributed by atoms with van der Waals surface area (Å²) < 4.78 is 34.3. The van der Waals surface area contributed by atoms with E-state index < -0.39 is 65.9 Å². The van der Waals surface area contributed by atoms with Crippen LogP contribution < -0.4 is 5.56 Å². The number of aromatic nitrogens is 2. The van der Waals surface area contributed by atoms with Crippen molar-refractivity contribution in [2.24, 2.45) is 0 Å². The summed E-state index contributed by atoms with van der Waals surface area (Å²) in [6.07, 6.45) is -3.28. The molecule has 5 atom stereocenters. The first-order valence-electron chi connectivity index (χ1n) is 14.3. The number of hydrogen-bond donors (Lipinski definition) is 0. The van der Waals surface area contributed by atoms with Crippen molar-refractivity contribution in [3.8, 4) is 5.69 Å². The molecule has 0 radical (unpaired) electrons. The van der Waals surface area contributed by atoms with Gasteiger partial charge in [0.1, 0.15) is 12.7 Å². The van der Waals surface area contributed by atoms with E-state index >= 15 is 0 Å². The summed E-state index contributed by atoms with van der Waals surface area (Å²) >= 11 is 6.06. The molecule has 0 amide bonds. The zero-order valence-electron chi connectivity index (χ0n) is 25.6. The van der Waals surface area contributed by atoms with Crippen LogP contribution in [0.1, 0.15) is 49.4 Å². The van der Waals surface area contributed by atoms with Gasteiger partial charge in [-0.15, -0.1) is 0 Å². The van der Waals surface area contributed by atoms with E-state index in [0.717, 1.165) is 20.8 Å². The van der Waals surface area contributed by atoms with Crippen molar-refractivity contribution in [1.82, 2.24) is 9.55 Å². The fourth-order valence-corrected chi connectivity index (χ4v) is 5.52. The number of benzene rings is 2. The van der Waals surface area contributed by atoms with Gasteiger partial charge in [-0.1, -0.05) is 29.8 Å². The second kappa shape index (κ2) is 13.8. The number of rotatable bonds is 9. The molecule has 14 nitrogen and oxygen atoms in total. The van der Waals surface area contributed by atoms with Crippen molar-refractivity contribution in [3.63, 3.8) is 0 Å². The molecule has 47 heavy (non-hydrogen) atoms. The Morgan fingerprint density at radius 2 is 1.57 bits per heavy atom. The molecule has 3 heterocycles. The first-order valence-corrected chi connectivity index (χ1v) is 14.7. The molecule has 2 aliphatic rings. The molecule has 246 valence electrons. The van der Waals surface area contributed by atoms with Crippen molar-refractivity contribution in [2.75, 3.05) is 13.2 Å². The van der Waals surface area contributed by atoms with Crippen LogP contribution >= 0.6 is 11.6 Å². The van der Waals surface area contributed by atoms with Crippen molar-refractivity contribution in [2.45, 2.75) is 58.4 Å². The van der Waals surface area contributed by atoms with Gasteiger partial charge in [0.25, 0.3) is 5.56 Å². The number of ether oxygens (including phenoxy) is 6. The summed E-state index contributed by atoms with van der Waals surface area (Å²) in [6, 6.07) is 9.60. The molecule has 1 saturated heterocycles. The molecule has 1 fully saturated rings. The first kappa shape index (κ1) is 33.4. The number of ketones is 1. The molecular formula is C32H29ClN2O12. The lowest BCUT2D eigenvalue weighted by molar-refractivity contribution is -0.305. The molecule has 5 rings (SSSR count). The molecule has 0 N–H and O–H groups in total. The van der Waals surface area contributed by atoms with E-state index in [-0.39, 0.29) is 30.0 Å². The van der Waals surface area contributed by atoms with Gasteiger partial charge < -0.3 is 28.4 Å². The van der Waals surface area contributed by atoms with Gasteiger partial charge in [-0.3, -0.25) is 33.3 Å². The van der Waals surface area contributed by atoms with Crippen LogP contribution in [-0.2, 0) is 47.6 Å². The third kappa shape index (κ3) is 7.24. The molecule has 2 aliphatic heterocycles. The molecule has 0 saturated carbocycles. The predicted molar refractivity (Wildman–Crippen MR) is 163 cm³/mol. The van der Waals surface area contributed by atoms with Crippen molar-refractivity contribution in [1.29, 1.82) is 0 Å². The molecule has 0 spiro atoms. The quantitative estimate of drug-likeness (QED) is 0.188. The van der Waals surface area contributed by atoms with E-state index in [9.17, 15) is 28.8 Å². The Hall–Kier alpha value is -4.92. The van der Waals surface area contributed by atoms with Gasteiger partial charge >= 0.3 is 23.9 Å². The van der Waals surface area contributed by atoms with Crippen LogP contribution in [0.4, 0.5) is 0 Å². The van der Waals surface area contributed by atoms with Gasteiger partial charge in [0, 0.05) is 32.7 Å². The number of esters is 4. The maximum atomic E-state index is 13.5. The highest BCUT2D eigenvalue weighted by molar-refractivity contribution is 6.31. The number of fused-ring (bicyclic) bond motifs is 4. The van der Waals surface area contributed by atoms with E-state index in [1.807, 2.05) is 0 Å². The predicted octanol–water partition coefficient (Wildman–Crippen LogP) is 2.70. The van der Waals surface area contributed by atoms with Crippen molar-refractivity contribution >= 4 is 58.2 Å².